The molecule has 0 heterocycles. The van der Waals surface area contributed by atoms with E-state index in [4.69, 9.17) is 9.47 Å². The number of carbonyl (C=O) groups is 2. The van der Waals surface area contributed by atoms with Gasteiger partial charge < -0.3 is 9.47 Å². The number of carbonyl (C=O) groups excluding carboxylic acids is 2. The third-order valence-electron chi connectivity index (χ3n) is 7.76. The first-order valence-electron chi connectivity index (χ1n) is 15.5. The number of esters is 2. The van der Waals surface area contributed by atoms with Gasteiger partial charge in [-0.1, -0.05) is 91.0 Å². The Hall–Kier alpha value is -3.48. The minimum Gasteiger partial charge on any atom is -0.459 e. The SMILES string of the molecule is CC(C)(C)OC(=O)CN(CC(=O)OC(C)(C)C)C1CCC(NC(c2ccccc2)(c2ccccc2)c2ccccc2)CC1. The highest BCUT2D eigenvalue weighted by Gasteiger charge is 2.40. The van der Waals surface area contributed by atoms with E-state index in [9.17, 15) is 9.59 Å². The summed E-state index contributed by atoms with van der Waals surface area (Å²) in [6, 6.07) is 32.2. The second kappa shape index (κ2) is 13.9. The highest BCUT2D eigenvalue weighted by atomic mass is 16.6. The number of rotatable bonds is 10. The van der Waals surface area contributed by atoms with Crippen LogP contribution in [0.2, 0.25) is 0 Å². The van der Waals surface area contributed by atoms with Crippen molar-refractivity contribution in [3.05, 3.63) is 108 Å². The molecule has 1 N–H and O–H groups in total. The van der Waals surface area contributed by atoms with Crippen LogP contribution in [0.15, 0.2) is 91.0 Å². The normalized spacial score (nSPS) is 17.8. The second-order valence-corrected chi connectivity index (χ2v) is 13.6. The van der Waals surface area contributed by atoms with Gasteiger partial charge in [0.05, 0.1) is 18.6 Å². The van der Waals surface area contributed by atoms with Crippen molar-refractivity contribution < 1.29 is 19.1 Å². The van der Waals surface area contributed by atoms with E-state index in [-0.39, 0.29) is 37.1 Å². The molecular weight excluding hydrogens is 536 g/mol. The average molecular weight is 585 g/mol. The van der Waals surface area contributed by atoms with Gasteiger partial charge in [-0.2, -0.15) is 0 Å². The van der Waals surface area contributed by atoms with Gasteiger partial charge in [-0.3, -0.25) is 19.8 Å². The summed E-state index contributed by atoms with van der Waals surface area (Å²) in [6.45, 7) is 11.3. The Bertz CT molecular complexity index is 1180. The highest BCUT2D eigenvalue weighted by Crippen LogP contribution is 2.39. The lowest BCUT2D eigenvalue weighted by molar-refractivity contribution is -0.161. The summed E-state index contributed by atoms with van der Waals surface area (Å²) in [5.74, 6) is -0.653. The van der Waals surface area contributed by atoms with Gasteiger partial charge in [-0.25, -0.2) is 0 Å². The van der Waals surface area contributed by atoms with Gasteiger partial charge in [0, 0.05) is 12.1 Å². The van der Waals surface area contributed by atoms with Crippen molar-refractivity contribution in [3.8, 4) is 0 Å². The molecule has 4 rings (SSSR count). The molecule has 1 aliphatic rings. The molecule has 0 saturated heterocycles. The topological polar surface area (TPSA) is 67.9 Å². The second-order valence-electron chi connectivity index (χ2n) is 13.6. The summed E-state index contributed by atoms with van der Waals surface area (Å²) in [7, 11) is 0. The van der Waals surface area contributed by atoms with Crippen LogP contribution < -0.4 is 5.32 Å². The monoisotopic (exact) mass is 584 g/mol. The average Bonchev–Trinajstić information content (AvgIpc) is 2.95. The zero-order chi connectivity index (χ0) is 31.1. The summed E-state index contributed by atoms with van der Waals surface area (Å²) >= 11 is 0. The minimum absolute atomic E-state index is 0.0568. The first-order valence-corrected chi connectivity index (χ1v) is 15.5. The van der Waals surface area contributed by atoms with E-state index in [2.05, 4.69) is 96.3 Å². The van der Waals surface area contributed by atoms with Crippen molar-refractivity contribution in [1.29, 1.82) is 0 Å². The maximum atomic E-state index is 12.9. The van der Waals surface area contributed by atoms with Crippen LogP contribution in [0.25, 0.3) is 0 Å². The lowest BCUT2D eigenvalue weighted by Crippen LogP contribution is -2.53. The summed E-state index contributed by atoms with van der Waals surface area (Å²) in [5, 5.41) is 4.12. The van der Waals surface area contributed by atoms with Crippen LogP contribution in [-0.2, 0) is 24.6 Å². The summed E-state index contributed by atoms with van der Waals surface area (Å²) < 4.78 is 11.3. The maximum Gasteiger partial charge on any atom is 0.320 e. The lowest BCUT2D eigenvalue weighted by atomic mass is 9.75. The fraction of sp³-hybridized carbons (Fsp3) is 0.459. The molecule has 0 amide bonds. The van der Waals surface area contributed by atoms with E-state index < -0.39 is 16.7 Å². The van der Waals surface area contributed by atoms with Crippen molar-refractivity contribution in [2.75, 3.05) is 13.1 Å². The van der Waals surface area contributed by atoms with Gasteiger partial charge in [-0.15, -0.1) is 0 Å². The van der Waals surface area contributed by atoms with Crippen molar-refractivity contribution in [2.24, 2.45) is 0 Å². The minimum atomic E-state index is -0.591. The zero-order valence-electron chi connectivity index (χ0n) is 26.6. The molecule has 0 unspecified atom stereocenters. The Morgan fingerprint density at radius 2 is 0.977 bits per heavy atom. The van der Waals surface area contributed by atoms with Crippen LogP contribution in [0.4, 0.5) is 0 Å². The van der Waals surface area contributed by atoms with Gasteiger partial charge in [0.15, 0.2) is 0 Å². The Balaban J connectivity index is 1.58. The fourth-order valence-electron chi connectivity index (χ4n) is 6.10. The predicted molar refractivity (Wildman–Crippen MR) is 172 cm³/mol. The molecule has 0 aromatic heterocycles. The highest BCUT2D eigenvalue weighted by molar-refractivity contribution is 5.75. The van der Waals surface area contributed by atoms with Crippen LogP contribution in [0.3, 0.4) is 0 Å². The lowest BCUT2D eigenvalue weighted by Gasteiger charge is -2.43. The number of ether oxygens (including phenoxy) is 2. The molecule has 3 aromatic carbocycles. The molecule has 43 heavy (non-hydrogen) atoms. The number of benzene rings is 3. The molecule has 0 radical (unpaired) electrons. The quantitative estimate of drug-likeness (QED) is 0.207. The van der Waals surface area contributed by atoms with Gasteiger partial charge in [0.1, 0.15) is 11.2 Å². The van der Waals surface area contributed by atoms with Gasteiger partial charge in [-0.05, 0) is 83.9 Å². The first-order chi connectivity index (χ1) is 20.4. The smallest absolute Gasteiger partial charge is 0.320 e. The van der Waals surface area contributed by atoms with E-state index in [0.717, 1.165) is 25.7 Å². The molecule has 6 nitrogen and oxygen atoms in total. The van der Waals surface area contributed by atoms with Crippen molar-refractivity contribution >= 4 is 11.9 Å². The molecule has 0 bridgehead atoms. The van der Waals surface area contributed by atoms with Crippen LogP contribution in [0.1, 0.15) is 83.9 Å². The number of hydrogen-bond donors (Lipinski definition) is 1. The fourth-order valence-corrected chi connectivity index (χ4v) is 6.10. The van der Waals surface area contributed by atoms with E-state index in [1.54, 1.807) is 0 Å². The molecule has 0 atom stereocenters. The Morgan fingerprint density at radius 3 is 1.30 bits per heavy atom. The first kappa shape index (κ1) is 32.4. The molecule has 6 heteroatoms. The van der Waals surface area contributed by atoms with Crippen LogP contribution in [-0.4, -0.2) is 53.2 Å². The predicted octanol–water partition coefficient (Wildman–Crippen LogP) is 6.86. The number of nitrogens with zero attached hydrogens (tertiary/aromatic N) is 1. The number of hydrogen-bond acceptors (Lipinski definition) is 6. The van der Waals surface area contributed by atoms with E-state index in [1.165, 1.54) is 16.7 Å². The third-order valence-corrected chi connectivity index (χ3v) is 7.76. The van der Waals surface area contributed by atoms with E-state index in [0.29, 0.717) is 0 Å². The largest absolute Gasteiger partial charge is 0.459 e. The molecule has 1 aliphatic carbocycles. The third kappa shape index (κ3) is 9.01. The molecule has 1 fully saturated rings. The van der Waals surface area contributed by atoms with Gasteiger partial charge >= 0.3 is 11.9 Å². The Kier molecular flexibility index (Phi) is 10.5. The molecule has 0 aliphatic heterocycles. The van der Waals surface area contributed by atoms with E-state index in [1.807, 2.05) is 46.4 Å². The molecule has 230 valence electrons. The Labute approximate surface area is 257 Å². The summed E-state index contributed by atoms with van der Waals surface area (Å²) in [5.41, 5.74) is 1.84. The van der Waals surface area contributed by atoms with Crippen molar-refractivity contribution in [3.63, 3.8) is 0 Å². The molecule has 1 saturated carbocycles. The zero-order valence-corrected chi connectivity index (χ0v) is 26.6. The van der Waals surface area contributed by atoms with Gasteiger partial charge in [0.2, 0.25) is 0 Å². The summed E-state index contributed by atoms with van der Waals surface area (Å²) in [6.07, 6.45) is 3.49. The summed E-state index contributed by atoms with van der Waals surface area (Å²) in [4.78, 5) is 27.7. The van der Waals surface area contributed by atoms with E-state index >= 15 is 0 Å². The molecule has 3 aromatic rings. The molecular formula is C37H48N2O4. The maximum absolute atomic E-state index is 12.9. The Morgan fingerprint density at radius 1 is 0.628 bits per heavy atom. The molecule has 0 spiro atoms. The standard InChI is InChI=1S/C37H48N2O4/c1-35(2,3)42-33(40)26-39(27-34(41)43-36(4,5)6)32-24-22-31(23-25-32)38-37(28-16-10-7-11-17-28,29-18-12-8-13-19-29)30-20-14-9-15-21-30/h7-21,31-32,38H,22-27H2,1-6H3. The van der Waals surface area contributed by atoms with Crippen molar-refractivity contribution in [1.82, 2.24) is 10.2 Å². The van der Waals surface area contributed by atoms with Crippen LogP contribution >= 0.6 is 0 Å². The van der Waals surface area contributed by atoms with Crippen LogP contribution in [0.5, 0.6) is 0 Å². The van der Waals surface area contributed by atoms with Gasteiger partial charge in [0.25, 0.3) is 0 Å². The van der Waals surface area contributed by atoms with Crippen molar-refractivity contribution in [2.45, 2.75) is 96.1 Å². The number of nitrogens with one attached hydrogen (secondary N) is 1. The van der Waals surface area contributed by atoms with Crippen LogP contribution in [0, 0.1) is 0 Å².